The largest absolute Gasteiger partial charge is 0.395 e. The normalized spacial score (nSPS) is 11.0. The van der Waals surface area contributed by atoms with E-state index >= 15 is 0 Å². The Hall–Kier alpha value is -2.81. The number of hydrogen-bond acceptors (Lipinski definition) is 4. The highest BCUT2D eigenvalue weighted by Crippen LogP contribution is 2.21. The second-order valence-corrected chi connectivity index (χ2v) is 6.41. The summed E-state index contributed by atoms with van der Waals surface area (Å²) in [5.41, 5.74) is 3.31. The minimum absolute atomic E-state index is 0.0171. The molecule has 0 fully saturated rings. The molecule has 0 spiro atoms. The molecule has 1 amide bonds. The third-order valence-corrected chi connectivity index (χ3v) is 4.39. The number of nitrogens with zero attached hydrogens (tertiary/aromatic N) is 2. The van der Waals surface area contributed by atoms with Gasteiger partial charge in [0, 0.05) is 29.5 Å². The van der Waals surface area contributed by atoms with Gasteiger partial charge in [-0.15, -0.1) is 0 Å². The Labute approximate surface area is 164 Å². The van der Waals surface area contributed by atoms with Gasteiger partial charge in [0.15, 0.2) is 0 Å². The standard InChI is InChI=1S/C21H22ClN3O2/c1-3-25(10-11-26)20-9-4-16(15(2)12-20)13-17(14-23)21(27)24-19-7-5-18(22)6-8-19/h4-9,12-13,26H,3,10-11H2,1-2H3,(H,24,27)/b17-13+. The Kier molecular flexibility index (Phi) is 7.42. The Morgan fingerprint density at radius 3 is 2.56 bits per heavy atom. The minimum Gasteiger partial charge on any atom is -0.395 e. The maximum atomic E-state index is 12.4. The lowest BCUT2D eigenvalue weighted by Gasteiger charge is -2.22. The zero-order chi connectivity index (χ0) is 19.8. The van der Waals surface area contributed by atoms with Crippen LogP contribution in [0.15, 0.2) is 48.0 Å². The van der Waals surface area contributed by atoms with Crippen molar-refractivity contribution < 1.29 is 9.90 Å². The predicted octanol–water partition coefficient (Wildman–Crippen LogP) is 4.01. The van der Waals surface area contributed by atoms with Crippen LogP contribution in [0.1, 0.15) is 18.1 Å². The third kappa shape index (κ3) is 5.58. The van der Waals surface area contributed by atoms with E-state index in [1.807, 2.05) is 38.1 Å². The Balaban J connectivity index is 2.22. The molecule has 0 aliphatic carbocycles. The zero-order valence-corrected chi connectivity index (χ0v) is 16.1. The van der Waals surface area contributed by atoms with Gasteiger partial charge in [-0.05, 0) is 67.4 Å². The molecular weight excluding hydrogens is 362 g/mol. The number of anilines is 2. The van der Waals surface area contributed by atoms with Crippen LogP contribution in [0.25, 0.3) is 6.08 Å². The maximum absolute atomic E-state index is 12.4. The minimum atomic E-state index is -0.473. The summed E-state index contributed by atoms with van der Waals surface area (Å²) < 4.78 is 0. The lowest BCUT2D eigenvalue weighted by atomic mass is 10.0. The Bertz CT molecular complexity index is 870. The fourth-order valence-corrected chi connectivity index (χ4v) is 2.77. The number of halogens is 1. The van der Waals surface area contributed by atoms with E-state index in [0.717, 1.165) is 23.4 Å². The van der Waals surface area contributed by atoms with Gasteiger partial charge in [-0.25, -0.2) is 0 Å². The van der Waals surface area contributed by atoms with Gasteiger partial charge in [-0.2, -0.15) is 5.26 Å². The zero-order valence-electron chi connectivity index (χ0n) is 15.4. The molecular formula is C21H22ClN3O2. The first-order valence-electron chi connectivity index (χ1n) is 8.63. The van der Waals surface area contributed by atoms with Crippen molar-refractivity contribution in [1.29, 1.82) is 5.26 Å². The molecule has 140 valence electrons. The fraction of sp³-hybridized carbons (Fsp3) is 0.238. The van der Waals surface area contributed by atoms with E-state index in [1.54, 1.807) is 30.3 Å². The van der Waals surface area contributed by atoms with Gasteiger partial charge >= 0.3 is 0 Å². The number of hydrogen-bond donors (Lipinski definition) is 2. The number of amides is 1. The first-order valence-corrected chi connectivity index (χ1v) is 9.01. The number of benzene rings is 2. The quantitative estimate of drug-likeness (QED) is 0.559. The van der Waals surface area contributed by atoms with Crippen LogP contribution in [0.4, 0.5) is 11.4 Å². The maximum Gasteiger partial charge on any atom is 0.266 e. The molecule has 0 aliphatic heterocycles. The van der Waals surface area contributed by atoms with Crippen molar-refractivity contribution in [3.8, 4) is 6.07 Å². The van der Waals surface area contributed by atoms with Crippen LogP contribution in [0, 0.1) is 18.3 Å². The molecule has 0 unspecified atom stereocenters. The number of aryl methyl sites for hydroxylation is 1. The Morgan fingerprint density at radius 2 is 2.00 bits per heavy atom. The van der Waals surface area contributed by atoms with Crippen molar-refractivity contribution >= 4 is 35.0 Å². The predicted molar refractivity (Wildman–Crippen MR) is 110 cm³/mol. The van der Waals surface area contributed by atoms with E-state index < -0.39 is 5.91 Å². The molecule has 2 aromatic carbocycles. The van der Waals surface area contributed by atoms with Gasteiger partial charge in [0.1, 0.15) is 11.6 Å². The van der Waals surface area contributed by atoms with Gasteiger partial charge in [-0.1, -0.05) is 17.7 Å². The molecule has 0 aliphatic rings. The van der Waals surface area contributed by atoms with Crippen LogP contribution in [0.5, 0.6) is 0 Å². The van der Waals surface area contributed by atoms with E-state index in [-0.39, 0.29) is 12.2 Å². The van der Waals surface area contributed by atoms with Crippen molar-refractivity contribution in [2.75, 3.05) is 29.9 Å². The second-order valence-electron chi connectivity index (χ2n) is 5.98. The fourth-order valence-electron chi connectivity index (χ4n) is 2.64. The summed E-state index contributed by atoms with van der Waals surface area (Å²) in [7, 11) is 0. The number of rotatable bonds is 7. The second kappa shape index (κ2) is 9.77. The van der Waals surface area contributed by atoms with Crippen molar-refractivity contribution in [3.05, 3.63) is 64.2 Å². The summed E-state index contributed by atoms with van der Waals surface area (Å²) in [6.07, 6.45) is 1.58. The van der Waals surface area contributed by atoms with Crippen molar-refractivity contribution in [2.24, 2.45) is 0 Å². The molecule has 0 saturated carbocycles. The number of nitrogens with one attached hydrogen (secondary N) is 1. The molecule has 2 N–H and O–H groups in total. The van der Waals surface area contributed by atoms with Gasteiger partial charge in [0.05, 0.1) is 6.61 Å². The smallest absolute Gasteiger partial charge is 0.266 e. The number of carbonyl (C=O) groups is 1. The van der Waals surface area contributed by atoms with Crippen LogP contribution in [0.2, 0.25) is 5.02 Å². The van der Waals surface area contributed by atoms with Gasteiger partial charge < -0.3 is 15.3 Å². The average molecular weight is 384 g/mol. The first kappa shape index (κ1) is 20.5. The highest BCUT2D eigenvalue weighted by molar-refractivity contribution is 6.30. The average Bonchev–Trinajstić information content (AvgIpc) is 2.66. The van der Waals surface area contributed by atoms with E-state index in [0.29, 0.717) is 17.3 Å². The van der Waals surface area contributed by atoms with Crippen LogP contribution < -0.4 is 10.2 Å². The molecule has 0 bridgehead atoms. The van der Waals surface area contributed by atoms with Crippen LogP contribution in [-0.4, -0.2) is 30.7 Å². The van der Waals surface area contributed by atoms with E-state index in [9.17, 15) is 10.1 Å². The lowest BCUT2D eigenvalue weighted by Crippen LogP contribution is -2.26. The summed E-state index contributed by atoms with van der Waals surface area (Å²) in [5.74, 6) is -0.473. The summed E-state index contributed by atoms with van der Waals surface area (Å²) in [4.78, 5) is 14.4. The lowest BCUT2D eigenvalue weighted by molar-refractivity contribution is -0.112. The number of aliphatic hydroxyl groups is 1. The first-order chi connectivity index (χ1) is 13.0. The third-order valence-electron chi connectivity index (χ3n) is 4.14. The molecule has 2 aromatic rings. The number of carbonyl (C=O) groups excluding carboxylic acids is 1. The molecule has 0 saturated heterocycles. The SMILES string of the molecule is CCN(CCO)c1ccc(/C=C(\C#N)C(=O)Nc2ccc(Cl)cc2)c(C)c1. The van der Waals surface area contributed by atoms with Crippen molar-refractivity contribution in [3.63, 3.8) is 0 Å². The van der Waals surface area contributed by atoms with E-state index in [1.165, 1.54) is 0 Å². The van der Waals surface area contributed by atoms with Crippen molar-refractivity contribution in [2.45, 2.75) is 13.8 Å². The molecule has 6 heteroatoms. The highest BCUT2D eigenvalue weighted by atomic mass is 35.5. The van der Waals surface area contributed by atoms with Gasteiger partial charge in [0.25, 0.3) is 5.91 Å². The van der Waals surface area contributed by atoms with E-state index in [2.05, 4.69) is 10.2 Å². The number of aliphatic hydroxyl groups excluding tert-OH is 1. The summed E-state index contributed by atoms with van der Waals surface area (Å²) in [5, 5.41) is 21.8. The van der Waals surface area contributed by atoms with Crippen LogP contribution in [0.3, 0.4) is 0 Å². The van der Waals surface area contributed by atoms with Crippen molar-refractivity contribution in [1.82, 2.24) is 0 Å². The molecule has 0 aromatic heterocycles. The molecule has 27 heavy (non-hydrogen) atoms. The summed E-state index contributed by atoms with van der Waals surface area (Å²) in [6, 6.07) is 14.4. The van der Waals surface area contributed by atoms with Gasteiger partial charge in [0.2, 0.25) is 0 Å². The molecule has 0 heterocycles. The molecule has 5 nitrogen and oxygen atoms in total. The molecule has 2 rings (SSSR count). The summed E-state index contributed by atoms with van der Waals surface area (Å²) in [6.45, 7) is 5.36. The van der Waals surface area contributed by atoms with Crippen LogP contribution in [-0.2, 0) is 4.79 Å². The Morgan fingerprint density at radius 1 is 1.30 bits per heavy atom. The monoisotopic (exact) mass is 383 g/mol. The number of nitriles is 1. The molecule has 0 atom stereocenters. The topological polar surface area (TPSA) is 76.4 Å². The highest BCUT2D eigenvalue weighted by Gasteiger charge is 2.11. The van der Waals surface area contributed by atoms with E-state index in [4.69, 9.17) is 16.7 Å². The summed E-state index contributed by atoms with van der Waals surface area (Å²) >= 11 is 5.83. The van der Waals surface area contributed by atoms with Crippen LogP contribution >= 0.6 is 11.6 Å². The molecule has 0 radical (unpaired) electrons. The van der Waals surface area contributed by atoms with Gasteiger partial charge in [-0.3, -0.25) is 4.79 Å². The number of likely N-dealkylation sites (N-methyl/N-ethyl adjacent to an activating group) is 1.